The van der Waals surface area contributed by atoms with Crippen molar-refractivity contribution >= 4 is 23.2 Å². The molecule has 2 saturated heterocycles. The SMILES string of the molecule is COc1ccc(Cl)cc1N1CCN(Cc2nc(C(=O)N3CCOCC3)co2)CC1. The molecule has 4 rings (SSSR count). The van der Waals surface area contributed by atoms with Gasteiger partial charge >= 0.3 is 0 Å². The van der Waals surface area contributed by atoms with Crippen LogP contribution in [0, 0.1) is 0 Å². The van der Waals surface area contributed by atoms with E-state index in [1.807, 2.05) is 18.2 Å². The van der Waals surface area contributed by atoms with Crippen molar-refractivity contribution in [3.63, 3.8) is 0 Å². The Morgan fingerprint density at radius 3 is 2.66 bits per heavy atom. The first-order chi connectivity index (χ1) is 14.1. The number of oxazole rings is 1. The van der Waals surface area contributed by atoms with Crippen molar-refractivity contribution in [3.05, 3.63) is 41.1 Å². The number of rotatable bonds is 5. The molecule has 0 N–H and O–H groups in total. The number of amides is 1. The predicted molar refractivity (Wildman–Crippen MR) is 109 cm³/mol. The number of aromatic nitrogens is 1. The summed E-state index contributed by atoms with van der Waals surface area (Å²) < 4.78 is 16.3. The number of methoxy groups -OCH3 is 1. The molecule has 2 aliphatic heterocycles. The Hall–Kier alpha value is -2.29. The van der Waals surface area contributed by atoms with E-state index in [1.165, 1.54) is 6.26 Å². The van der Waals surface area contributed by atoms with Gasteiger partial charge in [0.15, 0.2) is 5.69 Å². The summed E-state index contributed by atoms with van der Waals surface area (Å²) in [6, 6.07) is 5.66. The van der Waals surface area contributed by atoms with Gasteiger partial charge in [-0.2, -0.15) is 0 Å². The topological polar surface area (TPSA) is 71.3 Å². The Bertz CT molecular complexity index is 845. The van der Waals surface area contributed by atoms with E-state index in [2.05, 4.69) is 14.8 Å². The van der Waals surface area contributed by atoms with Crippen molar-refractivity contribution in [1.29, 1.82) is 0 Å². The average Bonchev–Trinajstić information content (AvgIpc) is 3.23. The Morgan fingerprint density at radius 1 is 1.17 bits per heavy atom. The fourth-order valence-corrected chi connectivity index (χ4v) is 3.82. The monoisotopic (exact) mass is 420 g/mol. The molecule has 3 heterocycles. The van der Waals surface area contributed by atoms with Gasteiger partial charge in [0.2, 0.25) is 5.89 Å². The molecule has 0 unspecified atom stereocenters. The highest BCUT2D eigenvalue weighted by molar-refractivity contribution is 6.30. The van der Waals surface area contributed by atoms with E-state index in [-0.39, 0.29) is 5.91 Å². The lowest BCUT2D eigenvalue weighted by molar-refractivity contribution is 0.0299. The van der Waals surface area contributed by atoms with Crippen molar-refractivity contribution in [2.75, 3.05) is 64.5 Å². The number of piperazine rings is 1. The van der Waals surface area contributed by atoms with Gasteiger partial charge < -0.3 is 23.7 Å². The third-order valence-electron chi connectivity index (χ3n) is 5.28. The van der Waals surface area contributed by atoms with Crippen LogP contribution in [0.5, 0.6) is 5.75 Å². The Balaban J connectivity index is 1.33. The first-order valence-corrected chi connectivity index (χ1v) is 10.1. The average molecular weight is 421 g/mol. The lowest BCUT2D eigenvalue weighted by Gasteiger charge is -2.36. The predicted octanol–water partition coefficient (Wildman–Crippen LogP) is 2.13. The molecule has 2 aliphatic rings. The molecule has 0 spiro atoms. The molecule has 2 aromatic rings. The van der Waals surface area contributed by atoms with Crippen molar-refractivity contribution in [2.45, 2.75) is 6.54 Å². The van der Waals surface area contributed by atoms with Crippen LogP contribution in [0.4, 0.5) is 5.69 Å². The zero-order chi connectivity index (χ0) is 20.2. The molecular formula is C20H25ClN4O4. The molecule has 29 heavy (non-hydrogen) atoms. The van der Waals surface area contributed by atoms with Crippen LogP contribution >= 0.6 is 11.6 Å². The number of hydrogen-bond donors (Lipinski definition) is 0. The number of ether oxygens (including phenoxy) is 2. The van der Waals surface area contributed by atoms with Crippen LogP contribution in [-0.4, -0.2) is 80.3 Å². The number of anilines is 1. The molecule has 156 valence electrons. The first kappa shape index (κ1) is 20.0. The quantitative estimate of drug-likeness (QED) is 0.733. The second kappa shape index (κ2) is 9.02. The maximum atomic E-state index is 12.5. The fraction of sp³-hybridized carbons (Fsp3) is 0.500. The molecule has 0 bridgehead atoms. The molecule has 2 fully saturated rings. The largest absolute Gasteiger partial charge is 0.495 e. The lowest BCUT2D eigenvalue weighted by Crippen LogP contribution is -2.46. The number of morpholine rings is 1. The minimum absolute atomic E-state index is 0.0961. The summed E-state index contributed by atoms with van der Waals surface area (Å²) >= 11 is 6.16. The molecule has 1 amide bonds. The molecule has 1 aromatic carbocycles. The highest BCUT2D eigenvalue weighted by Gasteiger charge is 2.24. The summed E-state index contributed by atoms with van der Waals surface area (Å²) in [6.07, 6.45) is 1.46. The number of nitrogens with zero attached hydrogens (tertiary/aromatic N) is 4. The molecule has 8 nitrogen and oxygen atoms in total. The summed E-state index contributed by atoms with van der Waals surface area (Å²) in [6.45, 7) is 6.29. The second-order valence-corrected chi connectivity index (χ2v) is 7.55. The molecular weight excluding hydrogens is 396 g/mol. The molecule has 1 aromatic heterocycles. The number of hydrogen-bond acceptors (Lipinski definition) is 7. The van der Waals surface area contributed by atoms with Gasteiger partial charge in [-0.3, -0.25) is 9.69 Å². The maximum Gasteiger partial charge on any atom is 0.275 e. The van der Waals surface area contributed by atoms with Crippen molar-refractivity contribution in [1.82, 2.24) is 14.8 Å². The van der Waals surface area contributed by atoms with Gasteiger partial charge in [-0.05, 0) is 18.2 Å². The van der Waals surface area contributed by atoms with Gasteiger partial charge in [0, 0.05) is 44.3 Å². The number of benzene rings is 1. The Morgan fingerprint density at radius 2 is 1.93 bits per heavy atom. The number of carbonyl (C=O) groups is 1. The minimum Gasteiger partial charge on any atom is -0.495 e. The number of carbonyl (C=O) groups excluding carboxylic acids is 1. The Labute approximate surface area is 174 Å². The highest BCUT2D eigenvalue weighted by atomic mass is 35.5. The van der Waals surface area contributed by atoms with E-state index in [9.17, 15) is 4.79 Å². The third-order valence-corrected chi connectivity index (χ3v) is 5.52. The summed E-state index contributed by atoms with van der Waals surface area (Å²) in [4.78, 5) is 23.2. The zero-order valence-electron chi connectivity index (χ0n) is 16.5. The van der Waals surface area contributed by atoms with Crippen LogP contribution in [0.3, 0.4) is 0 Å². The van der Waals surface area contributed by atoms with Gasteiger partial charge in [0.25, 0.3) is 5.91 Å². The van der Waals surface area contributed by atoms with Gasteiger partial charge in [-0.15, -0.1) is 0 Å². The summed E-state index contributed by atoms with van der Waals surface area (Å²) in [5.41, 5.74) is 1.37. The fourth-order valence-electron chi connectivity index (χ4n) is 3.66. The standard InChI is InChI=1S/C20H25ClN4O4/c1-27-18-3-2-15(21)12-17(18)24-6-4-23(5-7-24)13-19-22-16(14-29-19)20(26)25-8-10-28-11-9-25/h2-3,12,14H,4-11,13H2,1H3. The van der Waals surface area contributed by atoms with Crippen LogP contribution < -0.4 is 9.64 Å². The lowest BCUT2D eigenvalue weighted by atomic mass is 10.2. The molecule has 0 saturated carbocycles. The summed E-state index contributed by atoms with van der Waals surface area (Å²) in [7, 11) is 1.67. The molecule has 9 heteroatoms. The van der Waals surface area contributed by atoms with Gasteiger partial charge in [0.05, 0.1) is 32.6 Å². The van der Waals surface area contributed by atoms with Crippen LogP contribution in [0.2, 0.25) is 5.02 Å². The minimum atomic E-state index is -0.0961. The van der Waals surface area contributed by atoms with Crippen molar-refractivity contribution in [3.8, 4) is 5.75 Å². The molecule has 0 atom stereocenters. The zero-order valence-corrected chi connectivity index (χ0v) is 17.2. The summed E-state index contributed by atoms with van der Waals surface area (Å²) in [5, 5.41) is 0.695. The van der Waals surface area contributed by atoms with Crippen molar-refractivity contribution < 1.29 is 18.7 Å². The van der Waals surface area contributed by atoms with E-state index < -0.39 is 0 Å². The van der Waals surface area contributed by atoms with Crippen LogP contribution in [0.25, 0.3) is 0 Å². The van der Waals surface area contributed by atoms with Gasteiger partial charge in [-0.1, -0.05) is 11.6 Å². The Kier molecular flexibility index (Phi) is 6.22. The third kappa shape index (κ3) is 4.66. The van der Waals surface area contributed by atoms with Crippen LogP contribution in [0.1, 0.15) is 16.4 Å². The number of halogens is 1. The second-order valence-electron chi connectivity index (χ2n) is 7.11. The van der Waals surface area contributed by atoms with Crippen LogP contribution in [0.15, 0.2) is 28.9 Å². The molecule has 0 radical (unpaired) electrons. The van der Waals surface area contributed by atoms with Crippen LogP contribution in [-0.2, 0) is 11.3 Å². The smallest absolute Gasteiger partial charge is 0.275 e. The highest BCUT2D eigenvalue weighted by Crippen LogP contribution is 2.32. The van der Waals surface area contributed by atoms with E-state index in [0.717, 1.165) is 37.6 Å². The molecule has 0 aliphatic carbocycles. The maximum absolute atomic E-state index is 12.5. The normalized spacial score (nSPS) is 18.1. The van der Waals surface area contributed by atoms with E-state index >= 15 is 0 Å². The van der Waals surface area contributed by atoms with Gasteiger partial charge in [0.1, 0.15) is 12.0 Å². The first-order valence-electron chi connectivity index (χ1n) is 9.76. The van der Waals surface area contributed by atoms with E-state index in [4.69, 9.17) is 25.5 Å². The van der Waals surface area contributed by atoms with Crippen molar-refractivity contribution in [2.24, 2.45) is 0 Å². The van der Waals surface area contributed by atoms with Gasteiger partial charge in [-0.25, -0.2) is 4.98 Å². The van der Waals surface area contributed by atoms with E-state index in [0.29, 0.717) is 49.5 Å². The van der Waals surface area contributed by atoms with E-state index in [1.54, 1.807) is 12.0 Å². The summed E-state index contributed by atoms with van der Waals surface area (Å²) in [5.74, 6) is 1.29.